The molecule has 0 aliphatic rings. The molecule has 0 aliphatic carbocycles. The minimum atomic E-state index is -0.400. The molecule has 4 heterocycles. The highest BCUT2D eigenvalue weighted by molar-refractivity contribution is 6.30. The average molecular weight is 523 g/mol. The molecule has 0 spiro atoms. The minimum absolute atomic E-state index is 0.261. The number of hydrogen-bond donors (Lipinski definition) is 0. The molecule has 0 amide bonds. The van der Waals surface area contributed by atoms with Crippen LogP contribution in [0.2, 0.25) is 10.3 Å². The fourth-order valence-electron chi connectivity index (χ4n) is 3.52. The monoisotopic (exact) mass is 522 g/mol. The third-order valence-corrected chi connectivity index (χ3v) is 5.74. The van der Waals surface area contributed by atoms with Gasteiger partial charge in [-0.15, -0.1) is 0 Å². The lowest BCUT2D eigenvalue weighted by atomic mass is 10.1. The van der Waals surface area contributed by atoms with Crippen LogP contribution in [0.1, 0.15) is 10.4 Å². The molecule has 178 valence electrons. The molecule has 6 aromatic rings. The summed E-state index contributed by atoms with van der Waals surface area (Å²) < 4.78 is 30.2. The molecular formula is C25H14Cl2F2N6O. The van der Waals surface area contributed by atoms with Crippen molar-refractivity contribution in [3.63, 3.8) is 0 Å². The van der Waals surface area contributed by atoms with Gasteiger partial charge in [-0.25, -0.2) is 27.8 Å². The number of fused-ring (bicyclic) bond motifs is 2. The van der Waals surface area contributed by atoms with Gasteiger partial charge in [0.1, 0.15) is 21.9 Å². The van der Waals surface area contributed by atoms with E-state index in [0.29, 0.717) is 50.8 Å². The van der Waals surface area contributed by atoms with Gasteiger partial charge in [-0.05, 0) is 24.3 Å². The van der Waals surface area contributed by atoms with Crippen molar-refractivity contribution in [3.8, 4) is 22.5 Å². The highest BCUT2D eigenvalue weighted by Crippen LogP contribution is 2.26. The molecule has 0 aliphatic heterocycles. The van der Waals surface area contributed by atoms with Crippen molar-refractivity contribution in [3.05, 3.63) is 107 Å². The van der Waals surface area contributed by atoms with Crippen molar-refractivity contribution < 1.29 is 13.6 Å². The van der Waals surface area contributed by atoms with E-state index < -0.39 is 5.82 Å². The first kappa shape index (κ1) is 23.5. The van der Waals surface area contributed by atoms with E-state index >= 15 is 0 Å². The summed E-state index contributed by atoms with van der Waals surface area (Å²) >= 11 is 12.1. The van der Waals surface area contributed by atoms with Crippen LogP contribution in [-0.4, -0.2) is 35.5 Å². The van der Waals surface area contributed by atoms with Gasteiger partial charge in [0.2, 0.25) is 0 Å². The third-order valence-electron chi connectivity index (χ3n) is 5.20. The SMILES string of the molecule is Fc1ccccc1-c1cc(Cl)n2nccc2n1.O=Cc1cnn2c(Cl)cc(-c3ccccc3F)nc12. The summed E-state index contributed by atoms with van der Waals surface area (Å²) in [6.07, 6.45) is 3.60. The number of rotatable bonds is 3. The largest absolute Gasteiger partial charge is 0.298 e. The molecule has 36 heavy (non-hydrogen) atoms. The quantitative estimate of drug-likeness (QED) is 0.204. The van der Waals surface area contributed by atoms with Crippen LogP contribution in [0.4, 0.5) is 8.78 Å². The molecule has 0 radical (unpaired) electrons. The Hall–Kier alpha value is -4.21. The fourth-order valence-corrected chi connectivity index (χ4v) is 3.98. The summed E-state index contributed by atoms with van der Waals surface area (Å²) in [5.74, 6) is -0.720. The van der Waals surface area contributed by atoms with Crippen molar-refractivity contribution in [1.29, 1.82) is 0 Å². The van der Waals surface area contributed by atoms with E-state index in [1.54, 1.807) is 54.7 Å². The molecule has 11 heteroatoms. The van der Waals surface area contributed by atoms with E-state index in [0.717, 1.165) is 0 Å². The lowest BCUT2D eigenvalue weighted by Crippen LogP contribution is -1.96. The van der Waals surface area contributed by atoms with Crippen LogP contribution < -0.4 is 0 Å². The zero-order valence-corrected chi connectivity index (χ0v) is 19.7. The zero-order chi connectivity index (χ0) is 25.2. The molecule has 0 saturated carbocycles. The molecule has 6 rings (SSSR count). The predicted octanol–water partition coefficient (Wildman–Crippen LogP) is 6.19. The maximum atomic E-state index is 13.7. The number of carbonyl (C=O) groups excluding carboxylic acids is 1. The number of aromatic nitrogens is 6. The van der Waals surface area contributed by atoms with Crippen molar-refractivity contribution in [2.75, 3.05) is 0 Å². The number of benzene rings is 2. The molecular weight excluding hydrogens is 509 g/mol. The second kappa shape index (κ2) is 9.80. The second-order valence-electron chi connectivity index (χ2n) is 7.44. The lowest BCUT2D eigenvalue weighted by Gasteiger charge is -2.05. The van der Waals surface area contributed by atoms with Gasteiger partial charge in [0, 0.05) is 29.3 Å². The maximum Gasteiger partial charge on any atom is 0.167 e. The molecule has 0 N–H and O–H groups in total. The summed E-state index contributed by atoms with van der Waals surface area (Å²) in [7, 11) is 0. The molecule has 4 aromatic heterocycles. The summed E-state index contributed by atoms with van der Waals surface area (Å²) in [5, 5.41) is 8.61. The fraction of sp³-hybridized carbons (Fsp3) is 0. The van der Waals surface area contributed by atoms with E-state index in [1.807, 2.05) is 0 Å². The van der Waals surface area contributed by atoms with Gasteiger partial charge in [-0.1, -0.05) is 47.5 Å². The highest BCUT2D eigenvalue weighted by Gasteiger charge is 2.13. The Morgan fingerprint density at radius 3 is 1.94 bits per heavy atom. The number of nitrogens with zero attached hydrogens (tertiary/aromatic N) is 6. The molecule has 0 unspecified atom stereocenters. The summed E-state index contributed by atoms with van der Waals surface area (Å²) in [6.45, 7) is 0. The van der Waals surface area contributed by atoms with Crippen LogP contribution >= 0.6 is 23.2 Å². The average Bonchev–Trinajstić information content (AvgIpc) is 3.52. The highest BCUT2D eigenvalue weighted by atomic mass is 35.5. The van der Waals surface area contributed by atoms with Crippen LogP contribution in [-0.2, 0) is 0 Å². The molecule has 2 aromatic carbocycles. The van der Waals surface area contributed by atoms with Gasteiger partial charge in [-0.3, -0.25) is 4.79 Å². The smallest absolute Gasteiger partial charge is 0.167 e. The van der Waals surface area contributed by atoms with Crippen molar-refractivity contribution >= 4 is 40.8 Å². The van der Waals surface area contributed by atoms with Gasteiger partial charge >= 0.3 is 0 Å². The first-order chi connectivity index (χ1) is 17.5. The summed E-state index contributed by atoms with van der Waals surface area (Å²) in [6, 6.07) is 17.5. The number of hydrogen-bond acceptors (Lipinski definition) is 5. The van der Waals surface area contributed by atoms with Gasteiger partial charge in [-0.2, -0.15) is 10.2 Å². The van der Waals surface area contributed by atoms with Gasteiger partial charge in [0.15, 0.2) is 17.6 Å². The van der Waals surface area contributed by atoms with Crippen LogP contribution in [0.5, 0.6) is 0 Å². The molecule has 7 nitrogen and oxygen atoms in total. The van der Waals surface area contributed by atoms with Crippen molar-refractivity contribution in [1.82, 2.24) is 29.2 Å². The number of carbonyl (C=O) groups is 1. The summed E-state index contributed by atoms with van der Waals surface area (Å²) in [4.78, 5) is 19.4. The van der Waals surface area contributed by atoms with E-state index in [-0.39, 0.29) is 11.0 Å². The molecule has 0 fully saturated rings. The maximum absolute atomic E-state index is 13.7. The van der Waals surface area contributed by atoms with Crippen molar-refractivity contribution in [2.24, 2.45) is 0 Å². The topological polar surface area (TPSA) is 77.5 Å². The van der Waals surface area contributed by atoms with E-state index in [4.69, 9.17) is 23.2 Å². The standard InChI is InChI=1S/C13H7ClFN3O.C12H7ClFN3/c14-12-5-11(9-3-1-2-4-10(9)15)17-13-8(7-19)6-16-18(12)13;13-11-7-10(8-3-1-2-4-9(8)14)16-12-5-6-15-17(11)12/h1-7H;1-7H. The second-order valence-corrected chi connectivity index (χ2v) is 8.22. The Bertz CT molecular complexity index is 1730. The molecule has 0 atom stereocenters. The van der Waals surface area contributed by atoms with Crippen LogP contribution in [0.3, 0.4) is 0 Å². The number of aldehydes is 1. The minimum Gasteiger partial charge on any atom is -0.298 e. The Balaban J connectivity index is 0.000000149. The van der Waals surface area contributed by atoms with E-state index in [2.05, 4.69) is 20.2 Å². The van der Waals surface area contributed by atoms with Crippen LogP contribution in [0.15, 0.2) is 79.1 Å². The first-order valence-corrected chi connectivity index (χ1v) is 11.2. The first-order valence-electron chi connectivity index (χ1n) is 10.5. The van der Waals surface area contributed by atoms with Gasteiger partial charge in [0.25, 0.3) is 0 Å². The van der Waals surface area contributed by atoms with Gasteiger partial charge < -0.3 is 0 Å². The normalized spacial score (nSPS) is 10.9. The third kappa shape index (κ3) is 4.41. The Kier molecular flexibility index (Phi) is 6.41. The van der Waals surface area contributed by atoms with E-state index in [1.165, 1.54) is 33.4 Å². The Morgan fingerprint density at radius 1 is 0.750 bits per heavy atom. The van der Waals surface area contributed by atoms with Crippen LogP contribution in [0, 0.1) is 11.6 Å². The zero-order valence-electron chi connectivity index (χ0n) is 18.2. The lowest BCUT2D eigenvalue weighted by molar-refractivity contribution is 0.112. The number of halogens is 4. The van der Waals surface area contributed by atoms with E-state index in [9.17, 15) is 13.6 Å². The van der Waals surface area contributed by atoms with Gasteiger partial charge in [0.05, 0.1) is 29.3 Å². The van der Waals surface area contributed by atoms with Crippen LogP contribution in [0.25, 0.3) is 33.8 Å². The Morgan fingerprint density at radius 2 is 1.33 bits per heavy atom. The van der Waals surface area contributed by atoms with Crippen molar-refractivity contribution in [2.45, 2.75) is 0 Å². The summed E-state index contributed by atoms with van der Waals surface area (Å²) in [5.41, 5.74) is 2.82. The Labute approximate surface area is 212 Å². The molecule has 0 bridgehead atoms. The predicted molar refractivity (Wildman–Crippen MR) is 132 cm³/mol. The molecule has 0 saturated heterocycles.